The molecule has 2 saturated carbocycles. The highest BCUT2D eigenvalue weighted by molar-refractivity contribution is 5.95. The van der Waals surface area contributed by atoms with E-state index in [0.717, 1.165) is 6.92 Å². The van der Waals surface area contributed by atoms with Crippen molar-refractivity contribution in [2.45, 2.75) is 128 Å². The zero-order valence-electron chi connectivity index (χ0n) is 41.2. The van der Waals surface area contributed by atoms with Gasteiger partial charge in [0.05, 0.1) is 42.0 Å². The van der Waals surface area contributed by atoms with E-state index in [1.165, 1.54) is 37.3 Å². The van der Waals surface area contributed by atoms with Crippen molar-refractivity contribution in [1.29, 1.82) is 0 Å². The molecule has 0 unspecified atom stereocenters. The molecule has 8 N–H and O–H groups in total. The van der Waals surface area contributed by atoms with Gasteiger partial charge >= 0.3 is 24.0 Å². The molecule has 1 aromatic heterocycles. The number of amides is 2. The van der Waals surface area contributed by atoms with Crippen LogP contribution in [0.3, 0.4) is 0 Å². The molecule has 0 spiro atoms. The minimum Gasteiger partial charge on any atom is -0.456 e. The molecule has 4 aliphatic rings. The lowest BCUT2D eigenvalue weighted by Crippen LogP contribution is -2.81. The lowest BCUT2D eigenvalue weighted by Gasteiger charge is -2.67. The number of nitrogens with zero attached hydrogens (tertiary/aromatic N) is 4. The number of ether oxygens (including phenoxy) is 5. The maximum atomic E-state index is 14.9. The molecule has 2 heterocycles. The van der Waals surface area contributed by atoms with Crippen molar-refractivity contribution < 1.29 is 72.9 Å². The van der Waals surface area contributed by atoms with Crippen molar-refractivity contribution in [1.82, 2.24) is 20.3 Å². The lowest BCUT2D eigenvalue weighted by atomic mass is 9.44. The Morgan fingerprint density at radius 3 is 2.17 bits per heavy atom. The first-order valence-electron chi connectivity index (χ1n) is 22.9. The van der Waals surface area contributed by atoms with Crippen molar-refractivity contribution >= 4 is 41.5 Å². The second-order valence-electron chi connectivity index (χ2n) is 20.1. The molecule has 22 nitrogen and oxygen atoms in total. The molecule has 384 valence electrons. The van der Waals surface area contributed by atoms with Gasteiger partial charge in [0, 0.05) is 39.3 Å². The number of alkyl carbamates (subject to hydrolysis) is 1. The van der Waals surface area contributed by atoms with Gasteiger partial charge in [0.1, 0.15) is 35.6 Å². The smallest absolute Gasteiger partial charge is 0.408 e. The van der Waals surface area contributed by atoms with E-state index in [2.05, 4.69) is 25.6 Å². The number of aliphatic hydroxyl groups is 4. The molecule has 2 amide bonds. The lowest BCUT2D eigenvalue weighted by molar-refractivity contribution is -0.346. The largest absolute Gasteiger partial charge is 0.456 e. The minimum absolute atomic E-state index is 0.0637. The van der Waals surface area contributed by atoms with Gasteiger partial charge in [0.15, 0.2) is 29.0 Å². The molecule has 1 saturated heterocycles. The number of imidazole rings is 1. The van der Waals surface area contributed by atoms with Crippen LogP contribution in [0, 0.1) is 16.7 Å². The number of ketones is 1. The van der Waals surface area contributed by atoms with Crippen LogP contribution < -0.4 is 11.1 Å². The summed E-state index contributed by atoms with van der Waals surface area (Å²) in [6, 6.07) is 14.6. The van der Waals surface area contributed by atoms with E-state index in [1.54, 1.807) is 97.2 Å². The number of esters is 3. The molecule has 0 radical (unpaired) electrons. The fraction of sp³-hybridized carbons (Fsp3) is 0.531. The summed E-state index contributed by atoms with van der Waals surface area (Å²) in [5.41, 5.74) is -3.02. The monoisotopic (exact) mass is 989 g/mol. The van der Waals surface area contributed by atoms with Crippen molar-refractivity contribution in [3.05, 3.63) is 95.0 Å². The van der Waals surface area contributed by atoms with Gasteiger partial charge in [-0.25, -0.2) is 19.4 Å². The number of H-pyrrole nitrogens is 1. The highest BCUT2D eigenvalue weighted by Gasteiger charge is 2.78. The molecular weight excluding hydrogens is 927 g/mol. The number of aliphatic hydroxyl groups excluding tert-OH is 3. The SMILES string of the molecule is CC(=O)O[C@@]12CO[C@@H]1C[C@H](O)[C@@]1(C)C(=O)[C@H](O)C3=C(C)[C@@H](OC(=O)[C@H](O)[C@@H](NC(=O)OC(C)(C)C)c4ccccc4)C[C@@](O)([C@@H](OC(=O)c4ccccc4)[C@H]21)C3(C)C.CN(C)/N=N/c1[nH]cnc1C(N)=O. The Kier molecular flexibility index (Phi) is 15.3. The number of aromatic nitrogens is 2. The number of fused-ring (bicyclic) bond motifs is 5. The molecule has 2 bridgehead atoms. The van der Waals surface area contributed by atoms with E-state index in [-0.39, 0.29) is 41.2 Å². The van der Waals surface area contributed by atoms with E-state index in [4.69, 9.17) is 29.4 Å². The van der Waals surface area contributed by atoms with Crippen LogP contribution in [0.4, 0.5) is 10.6 Å². The predicted octanol–water partition coefficient (Wildman–Crippen LogP) is 3.33. The van der Waals surface area contributed by atoms with Crippen LogP contribution in [0.5, 0.6) is 0 Å². The summed E-state index contributed by atoms with van der Waals surface area (Å²) in [5, 5.41) is 60.5. The van der Waals surface area contributed by atoms with Gasteiger partial charge < -0.3 is 60.1 Å². The van der Waals surface area contributed by atoms with Crippen LogP contribution in [0.1, 0.15) is 101 Å². The summed E-state index contributed by atoms with van der Waals surface area (Å²) in [6.07, 6.45) is -10.1. The van der Waals surface area contributed by atoms with Gasteiger partial charge in [0.25, 0.3) is 5.91 Å². The summed E-state index contributed by atoms with van der Waals surface area (Å²) >= 11 is 0. The highest BCUT2D eigenvalue weighted by Crippen LogP contribution is 2.64. The van der Waals surface area contributed by atoms with E-state index in [9.17, 15) is 49.2 Å². The molecule has 71 heavy (non-hydrogen) atoms. The number of primary amides is 1. The van der Waals surface area contributed by atoms with E-state index >= 15 is 0 Å². The number of rotatable bonds is 11. The van der Waals surface area contributed by atoms with Crippen LogP contribution in [-0.4, -0.2) is 145 Å². The number of aromatic amines is 1. The summed E-state index contributed by atoms with van der Waals surface area (Å²) < 4.78 is 29.5. The van der Waals surface area contributed by atoms with Crippen LogP contribution in [0.15, 0.2) is 88.5 Å². The third-order valence-corrected chi connectivity index (χ3v) is 13.7. The number of carbonyl (C=O) groups is 6. The topological polar surface area (TPSA) is 324 Å². The molecule has 1 aliphatic heterocycles. The number of carbonyl (C=O) groups excluding carboxylic acids is 6. The van der Waals surface area contributed by atoms with Crippen LogP contribution >= 0.6 is 0 Å². The summed E-state index contributed by atoms with van der Waals surface area (Å²) in [5.74, 6) is -5.73. The number of nitrogens with one attached hydrogen (secondary N) is 2. The molecule has 7 rings (SSSR count). The fourth-order valence-corrected chi connectivity index (χ4v) is 10.2. The number of hydrogen-bond donors (Lipinski definition) is 7. The molecule has 3 aliphatic carbocycles. The summed E-state index contributed by atoms with van der Waals surface area (Å²) in [7, 11) is 3.42. The number of Topliss-reactive ketones (excluding diaryl/α,β-unsaturated/α-hetero) is 1. The van der Waals surface area contributed by atoms with Crippen molar-refractivity contribution in [3.63, 3.8) is 0 Å². The van der Waals surface area contributed by atoms with Crippen molar-refractivity contribution in [2.75, 3.05) is 20.7 Å². The second-order valence-corrected chi connectivity index (χ2v) is 20.1. The first-order valence-corrected chi connectivity index (χ1v) is 22.9. The van der Waals surface area contributed by atoms with Gasteiger partial charge in [-0.1, -0.05) is 67.6 Å². The normalized spacial score (nSPS) is 29.5. The standard InChI is InChI=1S/C43H53NO14.C6H10N6O/c1-22-26(55-37(51)32(48)30(24-15-11-9-12-16-24)44-38(52)58-39(3,4)5)20-43(53)35(56-36(50)25-17-13-10-14-18-25)33-41(8,34(49)31(47)29(22)40(43,6)7)27(46)19-28-42(33,21-54-28)57-23(2)45;1-12(2)11-10-6-4(5(7)13)8-3-9-6/h9-18,26-28,30-33,35,46-48,53H,19-21H2,1-8H3,(H,44,52);3H,1-2H3,(H2,7,13)(H,8,9)/b;11-10+/t26-,27-,28+,30-,31+,32+,33-,35-,41+,42-,43+;/m0./s1. The molecule has 2 aromatic carbocycles. The summed E-state index contributed by atoms with van der Waals surface area (Å²) in [6.45, 7) is 11.8. The number of benzene rings is 2. The van der Waals surface area contributed by atoms with Gasteiger partial charge in [-0.3, -0.25) is 19.4 Å². The Morgan fingerprint density at radius 2 is 1.62 bits per heavy atom. The second kappa shape index (κ2) is 20.3. The Morgan fingerprint density at radius 1 is 1.00 bits per heavy atom. The first-order chi connectivity index (χ1) is 33.1. The molecule has 22 heteroatoms. The summed E-state index contributed by atoms with van der Waals surface area (Å²) in [4.78, 5) is 86.0. The molecule has 3 aromatic rings. The quantitative estimate of drug-likeness (QED) is 0.0476. The minimum atomic E-state index is -2.35. The Labute approximate surface area is 409 Å². The Balaban J connectivity index is 0.000000550. The zero-order chi connectivity index (χ0) is 52.6. The van der Waals surface area contributed by atoms with Gasteiger partial charge in [-0.15, -0.1) is 5.11 Å². The Bertz CT molecular complexity index is 2560. The van der Waals surface area contributed by atoms with E-state index < -0.39 is 118 Å². The van der Waals surface area contributed by atoms with Crippen LogP contribution in [0.25, 0.3) is 0 Å². The third kappa shape index (κ3) is 10.3. The number of nitrogens with two attached hydrogens (primary N) is 1. The highest BCUT2D eigenvalue weighted by atomic mass is 16.6. The predicted molar refractivity (Wildman–Crippen MR) is 249 cm³/mol. The van der Waals surface area contributed by atoms with Crippen LogP contribution in [0.2, 0.25) is 0 Å². The maximum absolute atomic E-state index is 14.9. The molecule has 11 atom stereocenters. The van der Waals surface area contributed by atoms with Crippen molar-refractivity contribution in [2.24, 2.45) is 32.8 Å². The third-order valence-electron chi connectivity index (χ3n) is 13.7. The zero-order valence-corrected chi connectivity index (χ0v) is 41.2. The Hall–Kier alpha value is -6.59. The van der Waals surface area contributed by atoms with Crippen molar-refractivity contribution in [3.8, 4) is 0 Å². The van der Waals surface area contributed by atoms with Gasteiger partial charge in [-0.05, 0) is 63.5 Å². The molecular formula is C49H63N7O15. The average molecular weight is 990 g/mol. The van der Waals surface area contributed by atoms with E-state index in [1.807, 2.05) is 0 Å². The fourth-order valence-electron chi connectivity index (χ4n) is 10.2. The molecule has 3 fully saturated rings. The first kappa shape index (κ1) is 53.8. The van der Waals surface area contributed by atoms with Gasteiger partial charge in [-0.2, -0.15) is 0 Å². The number of hydrogen-bond acceptors (Lipinski definition) is 18. The van der Waals surface area contributed by atoms with Gasteiger partial charge in [0.2, 0.25) is 0 Å². The van der Waals surface area contributed by atoms with E-state index in [0.29, 0.717) is 5.56 Å². The maximum Gasteiger partial charge on any atom is 0.408 e. The average Bonchev–Trinajstić information content (AvgIpc) is 3.78. The van der Waals surface area contributed by atoms with Crippen LogP contribution in [-0.2, 0) is 38.1 Å².